The third-order valence-electron chi connectivity index (χ3n) is 7.61. The number of likely N-dealkylation sites (tertiary alicyclic amines) is 1. The molecule has 8 heteroatoms. The summed E-state index contributed by atoms with van der Waals surface area (Å²) in [5.41, 5.74) is 1.52. The van der Waals surface area contributed by atoms with Crippen molar-refractivity contribution in [1.82, 2.24) is 19.8 Å². The van der Waals surface area contributed by atoms with Crippen LogP contribution in [0.25, 0.3) is 5.69 Å². The molecule has 0 spiro atoms. The summed E-state index contributed by atoms with van der Waals surface area (Å²) < 4.78 is 16.3. The molecule has 0 radical (unpaired) electrons. The fourth-order valence-corrected chi connectivity index (χ4v) is 5.26. The second-order valence-corrected chi connectivity index (χ2v) is 10.7. The molecule has 0 bridgehead atoms. The van der Waals surface area contributed by atoms with Crippen LogP contribution in [0.15, 0.2) is 59.7 Å². The molecule has 200 valence electrons. The molecule has 1 saturated heterocycles. The molecular formula is C30H36FN5O2. The van der Waals surface area contributed by atoms with Crippen LogP contribution in [-0.4, -0.2) is 46.0 Å². The lowest BCUT2D eigenvalue weighted by Gasteiger charge is -2.33. The maximum atomic E-state index is 14.9. The highest BCUT2D eigenvalue weighted by atomic mass is 19.1. The number of aromatic nitrogens is 2. The lowest BCUT2D eigenvalue weighted by molar-refractivity contribution is 0.0950. The van der Waals surface area contributed by atoms with Gasteiger partial charge in [-0.15, -0.1) is 0 Å². The number of carbonyl (C=O) groups is 1. The number of nitrogens with zero attached hydrogens (tertiary/aromatic N) is 3. The van der Waals surface area contributed by atoms with Gasteiger partial charge in [0.25, 0.3) is 11.5 Å². The Morgan fingerprint density at radius 2 is 1.87 bits per heavy atom. The summed E-state index contributed by atoms with van der Waals surface area (Å²) in [7, 11) is 0. The number of halogens is 1. The number of piperidine rings is 1. The van der Waals surface area contributed by atoms with Gasteiger partial charge in [-0.05, 0) is 69.3 Å². The Hall–Kier alpha value is -3.52. The monoisotopic (exact) mass is 517 g/mol. The van der Waals surface area contributed by atoms with Crippen LogP contribution < -0.4 is 16.2 Å². The number of benzene rings is 2. The summed E-state index contributed by atoms with van der Waals surface area (Å²) in [6.07, 6.45) is 8.64. The van der Waals surface area contributed by atoms with Crippen LogP contribution in [0, 0.1) is 18.7 Å². The van der Waals surface area contributed by atoms with Crippen LogP contribution in [0.5, 0.6) is 0 Å². The number of nitrogens with one attached hydrogen (secondary N) is 2. The van der Waals surface area contributed by atoms with Crippen molar-refractivity contribution >= 4 is 11.7 Å². The zero-order valence-electron chi connectivity index (χ0n) is 22.1. The van der Waals surface area contributed by atoms with Gasteiger partial charge in [0.1, 0.15) is 5.82 Å². The van der Waals surface area contributed by atoms with Crippen LogP contribution in [-0.2, 0) is 0 Å². The Morgan fingerprint density at radius 1 is 1.13 bits per heavy atom. The van der Waals surface area contributed by atoms with E-state index in [1.54, 1.807) is 13.0 Å². The zero-order valence-corrected chi connectivity index (χ0v) is 22.1. The molecule has 3 aromatic rings. The van der Waals surface area contributed by atoms with Gasteiger partial charge in [-0.1, -0.05) is 43.7 Å². The van der Waals surface area contributed by atoms with Crippen LogP contribution in [0.3, 0.4) is 0 Å². The van der Waals surface area contributed by atoms with E-state index in [-0.39, 0.29) is 40.8 Å². The van der Waals surface area contributed by atoms with Crippen LogP contribution >= 0.6 is 0 Å². The Kier molecular flexibility index (Phi) is 7.88. The molecular weight excluding hydrogens is 481 g/mol. The minimum absolute atomic E-state index is 0.136. The Morgan fingerprint density at radius 3 is 2.58 bits per heavy atom. The second kappa shape index (κ2) is 11.5. The molecule has 1 aliphatic carbocycles. The highest BCUT2D eigenvalue weighted by molar-refractivity contribution is 5.95. The third-order valence-corrected chi connectivity index (χ3v) is 7.61. The van der Waals surface area contributed by atoms with E-state index in [4.69, 9.17) is 0 Å². The molecule has 2 aliphatic rings. The average Bonchev–Trinajstić information content (AvgIpc) is 3.74. The molecule has 1 aliphatic heterocycles. The number of rotatable bonds is 9. The lowest BCUT2D eigenvalue weighted by Crippen LogP contribution is -2.37. The Bertz CT molecular complexity index is 1330. The predicted octanol–water partition coefficient (Wildman–Crippen LogP) is 4.85. The molecule has 1 amide bonds. The number of hydrogen-bond donors (Lipinski definition) is 2. The predicted molar refractivity (Wildman–Crippen MR) is 147 cm³/mol. The van der Waals surface area contributed by atoms with Crippen molar-refractivity contribution in [3.05, 3.63) is 87.7 Å². The van der Waals surface area contributed by atoms with Crippen molar-refractivity contribution in [3.63, 3.8) is 0 Å². The first kappa shape index (κ1) is 26.1. The summed E-state index contributed by atoms with van der Waals surface area (Å²) in [5, 5.41) is 6.31. The maximum Gasteiger partial charge on any atom is 0.297 e. The van der Waals surface area contributed by atoms with E-state index in [2.05, 4.69) is 39.6 Å². The molecule has 1 saturated carbocycles. The van der Waals surface area contributed by atoms with Gasteiger partial charge in [0.2, 0.25) is 0 Å². The van der Waals surface area contributed by atoms with Gasteiger partial charge >= 0.3 is 0 Å². The number of hydrogen-bond acceptors (Lipinski definition) is 5. The normalized spacial score (nSPS) is 17.6. The number of carbonyl (C=O) groups excluding carboxylic acids is 1. The zero-order chi connectivity index (χ0) is 26.6. The minimum Gasteiger partial charge on any atom is -0.358 e. The first-order chi connectivity index (χ1) is 18.4. The molecule has 2 atom stereocenters. The van der Waals surface area contributed by atoms with Crippen molar-refractivity contribution in [2.24, 2.45) is 5.92 Å². The fourth-order valence-electron chi connectivity index (χ4n) is 5.26. The van der Waals surface area contributed by atoms with E-state index in [9.17, 15) is 14.0 Å². The molecule has 2 fully saturated rings. The molecule has 2 N–H and O–H groups in total. The standard InChI is InChI=1S/C30H36FN5O2/c1-20(19-35-14-7-4-8-15-35)27(22-9-5-3-6-10-22)34-28-30(38)36(16-13-32-28)26-18-23(17-25(31)21(26)2)29(37)33-24-11-12-24/h3,5-6,9-10,13,16-18,20,24,27H,4,7-8,11-12,14-15,19H2,1-2H3,(H,32,34)(H,33,37)/t20-,27+/m0/s1. The topological polar surface area (TPSA) is 79.3 Å². The van der Waals surface area contributed by atoms with Crippen molar-refractivity contribution in [1.29, 1.82) is 0 Å². The molecule has 2 aromatic carbocycles. The summed E-state index contributed by atoms with van der Waals surface area (Å²) in [6, 6.07) is 12.9. The van der Waals surface area contributed by atoms with Gasteiger partial charge in [-0.2, -0.15) is 0 Å². The van der Waals surface area contributed by atoms with E-state index < -0.39 is 5.82 Å². The van der Waals surface area contributed by atoms with Crippen molar-refractivity contribution in [3.8, 4) is 5.69 Å². The van der Waals surface area contributed by atoms with Gasteiger partial charge in [0.15, 0.2) is 5.82 Å². The molecule has 38 heavy (non-hydrogen) atoms. The smallest absolute Gasteiger partial charge is 0.297 e. The third kappa shape index (κ3) is 5.96. The Labute approximate surface area is 223 Å². The van der Waals surface area contributed by atoms with E-state index >= 15 is 0 Å². The molecule has 0 unspecified atom stereocenters. The van der Waals surface area contributed by atoms with Crippen LogP contribution in [0.1, 0.15) is 66.6 Å². The molecule has 1 aromatic heterocycles. The summed E-state index contributed by atoms with van der Waals surface area (Å²) >= 11 is 0. The average molecular weight is 518 g/mol. The molecule has 2 heterocycles. The summed E-state index contributed by atoms with van der Waals surface area (Å²) in [6.45, 7) is 6.91. The Balaban J connectivity index is 1.46. The van der Waals surface area contributed by atoms with Gasteiger partial charge in [0.05, 0.1) is 11.7 Å². The SMILES string of the molecule is Cc1c(F)cc(C(=O)NC2CC2)cc1-n1ccnc(N[C@@H](c2ccccc2)[C@@H](C)CN2CCCCC2)c1=O. The van der Waals surface area contributed by atoms with Crippen molar-refractivity contribution < 1.29 is 9.18 Å². The van der Waals surface area contributed by atoms with Gasteiger partial charge in [-0.25, -0.2) is 9.37 Å². The highest BCUT2D eigenvalue weighted by Gasteiger charge is 2.26. The van der Waals surface area contributed by atoms with E-state index in [1.165, 1.54) is 42.3 Å². The number of anilines is 1. The van der Waals surface area contributed by atoms with Crippen molar-refractivity contribution in [2.75, 3.05) is 25.0 Å². The highest BCUT2D eigenvalue weighted by Crippen LogP contribution is 2.27. The fraction of sp³-hybridized carbons (Fsp3) is 0.433. The van der Waals surface area contributed by atoms with E-state index in [0.717, 1.165) is 38.0 Å². The number of amides is 1. The van der Waals surface area contributed by atoms with Crippen LogP contribution in [0.2, 0.25) is 0 Å². The quantitative estimate of drug-likeness (QED) is 0.424. The largest absolute Gasteiger partial charge is 0.358 e. The molecule has 7 nitrogen and oxygen atoms in total. The van der Waals surface area contributed by atoms with Crippen molar-refractivity contribution in [2.45, 2.75) is 58.0 Å². The minimum atomic E-state index is -0.529. The summed E-state index contributed by atoms with van der Waals surface area (Å²) in [4.78, 5) is 33.2. The maximum absolute atomic E-state index is 14.9. The second-order valence-electron chi connectivity index (χ2n) is 10.7. The first-order valence-corrected chi connectivity index (χ1v) is 13.6. The molecule has 5 rings (SSSR count). The van der Waals surface area contributed by atoms with E-state index in [1.807, 2.05) is 18.2 Å². The van der Waals surface area contributed by atoms with Crippen LogP contribution in [0.4, 0.5) is 10.2 Å². The van der Waals surface area contributed by atoms with Gasteiger partial charge < -0.3 is 15.5 Å². The lowest BCUT2D eigenvalue weighted by atomic mass is 9.93. The summed E-state index contributed by atoms with van der Waals surface area (Å²) in [5.74, 6) is -0.457. The van der Waals surface area contributed by atoms with Gasteiger partial charge in [0, 0.05) is 36.1 Å². The first-order valence-electron chi connectivity index (χ1n) is 13.6. The van der Waals surface area contributed by atoms with E-state index in [0.29, 0.717) is 11.3 Å². The van der Waals surface area contributed by atoms with Gasteiger partial charge in [-0.3, -0.25) is 14.2 Å².